The van der Waals surface area contributed by atoms with Crippen molar-refractivity contribution in [1.29, 1.82) is 0 Å². The molecule has 3 heterocycles. The van der Waals surface area contributed by atoms with Crippen LogP contribution >= 0.6 is 0 Å². The molecular weight excluding hydrogens is 1010 g/mol. The van der Waals surface area contributed by atoms with Crippen LogP contribution in [0, 0.1) is 17.9 Å². The van der Waals surface area contributed by atoms with E-state index in [2.05, 4.69) is 195 Å². The van der Waals surface area contributed by atoms with Gasteiger partial charge in [-0.1, -0.05) is 148 Å². The van der Waals surface area contributed by atoms with Gasteiger partial charge in [0.2, 0.25) is 0 Å². The molecule has 9 aromatic carbocycles. The Morgan fingerprint density at radius 1 is 0.559 bits per heavy atom. The Hall–Kier alpha value is -7.50. The van der Waals surface area contributed by atoms with Gasteiger partial charge in [0.25, 0.3) is 0 Å². The Morgan fingerprint density at radius 3 is 1.91 bits per heavy atom. The Balaban J connectivity index is 0.000000333. The van der Waals surface area contributed by atoms with Gasteiger partial charge in [-0.2, -0.15) is 0 Å². The number of fused-ring (bicyclic) bond motifs is 7. The molecule has 0 aliphatic heterocycles. The van der Waals surface area contributed by atoms with E-state index in [0.29, 0.717) is 0 Å². The van der Waals surface area contributed by atoms with Crippen molar-refractivity contribution in [2.45, 2.75) is 39.5 Å². The molecule has 333 valence electrons. The van der Waals surface area contributed by atoms with Crippen LogP contribution in [0.1, 0.15) is 50.7 Å². The van der Waals surface area contributed by atoms with Gasteiger partial charge in [0.05, 0.1) is 22.4 Å². The minimum atomic E-state index is -0.278. The summed E-state index contributed by atoms with van der Waals surface area (Å²) in [6, 6.07) is 70.8. The SMILES string of the molecule is CC(C)c1cc(-c2ccccc2)cc(C(C)C)c1-n1c(-c2[c-]ccc3c2oc2cc4c(ccc5ccc(-c6ccccc6)cc54)cc23)nc2ccccc21.Fc1c[c-]c(-c2ccccn2)cc1.[Ir]. The predicted molar refractivity (Wildman–Crippen MR) is 275 cm³/mol. The van der Waals surface area contributed by atoms with Crippen LogP contribution in [-0.4, -0.2) is 14.5 Å². The van der Waals surface area contributed by atoms with E-state index in [1.165, 1.54) is 72.7 Å². The molecule has 0 saturated heterocycles. The third-order valence-corrected chi connectivity index (χ3v) is 12.7. The third-order valence-electron chi connectivity index (χ3n) is 12.7. The summed E-state index contributed by atoms with van der Waals surface area (Å²) in [6.07, 6.45) is 1.70. The number of imidazole rings is 1. The number of nitrogens with zero attached hydrogens (tertiary/aromatic N) is 3. The molecule has 68 heavy (non-hydrogen) atoms. The second kappa shape index (κ2) is 18.6. The van der Waals surface area contributed by atoms with E-state index in [0.717, 1.165) is 55.6 Å². The summed E-state index contributed by atoms with van der Waals surface area (Å²) in [7, 11) is 0. The number of pyridine rings is 1. The summed E-state index contributed by atoms with van der Waals surface area (Å²) in [4.78, 5) is 9.49. The summed E-state index contributed by atoms with van der Waals surface area (Å²) >= 11 is 0. The van der Waals surface area contributed by atoms with Gasteiger partial charge in [-0.05, 0) is 121 Å². The quantitative estimate of drug-likeness (QED) is 0.118. The number of aromatic nitrogens is 3. The molecule has 3 aromatic heterocycles. The topological polar surface area (TPSA) is 43.9 Å². The van der Waals surface area contributed by atoms with E-state index in [4.69, 9.17) is 9.40 Å². The Labute approximate surface area is 409 Å². The van der Waals surface area contributed by atoms with E-state index < -0.39 is 0 Å². The number of furan rings is 1. The average molecular weight is 1060 g/mol. The fourth-order valence-electron chi connectivity index (χ4n) is 9.39. The van der Waals surface area contributed by atoms with Gasteiger partial charge in [-0.15, -0.1) is 48.0 Å². The molecule has 12 rings (SSSR count). The van der Waals surface area contributed by atoms with Gasteiger partial charge in [-0.25, -0.2) is 0 Å². The minimum absolute atomic E-state index is 0. The van der Waals surface area contributed by atoms with Crippen molar-refractivity contribution in [3.8, 4) is 50.6 Å². The zero-order chi connectivity index (χ0) is 45.6. The van der Waals surface area contributed by atoms with Crippen LogP contribution in [0.2, 0.25) is 0 Å². The summed E-state index contributed by atoms with van der Waals surface area (Å²) in [5, 5.41) is 6.94. The number of benzene rings is 9. The maximum Gasteiger partial charge on any atom is 0.121 e. The standard InChI is InChI=1S/C51H39N2O.C11H7FN.Ir/c1-31(2)41-28-38(34-16-9-6-10-17-34)29-42(32(3)4)49(41)53-47-21-12-11-20-46(47)52-51(53)40-19-13-18-39-45-27-37-25-23-35-22-24-36(33-14-7-5-8-15-33)26-43(35)44(37)30-48(45)54-50(39)40;12-10-6-4-9(5-7-10)11-3-1-2-8-13-11;/h5-18,20-32H,1-4H3;1-4,6-8H;/q2*-1;. The fraction of sp³-hybridized carbons (Fsp3) is 0.0968. The van der Waals surface area contributed by atoms with E-state index in [-0.39, 0.29) is 37.8 Å². The zero-order valence-corrected chi connectivity index (χ0v) is 40.5. The molecule has 0 saturated carbocycles. The summed E-state index contributed by atoms with van der Waals surface area (Å²) in [5.41, 5.74) is 14.8. The Kier molecular flexibility index (Phi) is 12.2. The first-order valence-electron chi connectivity index (χ1n) is 22.9. The van der Waals surface area contributed by atoms with Gasteiger partial charge < -0.3 is 14.0 Å². The first kappa shape index (κ1) is 44.3. The van der Waals surface area contributed by atoms with Crippen LogP contribution in [0.5, 0.6) is 0 Å². The normalized spacial score (nSPS) is 11.5. The van der Waals surface area contributed by atoms with E-state index in [1.807, 2.05) is 24.3 Å². The first-order chi connectivity index (χ1) is 32.8. The van der Waals surface area contributed by atoms with E-state index in [9.17, 15) is 4.39 Å². The molecule has 0 aliphatic carbocycles. The van der Waals surface area contributed by atoms with Crippen LogP contribution in [-0.2, 0) is 20.1 Å². The number of hydrogen-bond donors (Lipinski definition) is 0. The zero-order valence-electron chi connectivity index (χ0n) is 38.1. The van der Waals surface area contributed by atoms with Crippen molar-refractivity contribution in [1.82, 2.24) is 14.5 Å². The molecule has 4 nitrogen and oxygen atoms in total. The monoisotopic (exact) mass is 1060 g/mol. The van der Waals surface area contributed by atoms with Crippen molar-refractivity contribution in [2.24, 2.45) is 0 Å². The molecule has 0 aliphatic rings. The molecule has 12 aromatic rings. The second-order valence-electron chi connectivity index (χ2n) is 17.7. The Bertz CT molecular complexity index is 3720. The average Bonchev–Trinajstić information content (AvgIpc) is 3.94. The summed E-state index contributed by atoms with van der Waals surface area (Å²) in [5.74, 6) is 1.09. The molecule has 0 unspecified atom stereocenters. The molecule has 0 amide bonds. The van der Waals surface area contributed by atoms with Gasteiger partial charge in [0.15, 0.2) is 0 Å². The molecule has 1 radical (unpaired) electrons. The van der Waals surface area contributed by atoms with Gasteiger partial charge in [-0.3, -0.25) is 9.37 Å². The van der Waals surface area contributed by atoms with Crippen LogP contribution in [0.4, 0.5) is 4.39 Å². The van der Waals surface area contributed by atoms with Crippen molar-refractivity contribution in [2.75, 3.05) is 0 Å². The van der Waals surface area contributed by atoms with E-state index >= 15 is 0 Å². The number of halogens is 1. The molecule has 0 spiro atoms. The molecule has 0 fully saturated rings. The number of rotatable bonds is 7. The first-order valence-corrected chi connectivity index (χ1v) is 22.9. The maximum atomic E-state index is 12.6. The summed E-state index contributed by atoms with van der Waals surface area (Å²) in [6.45, 7) is 9.17. The fourth-order valence-corrected chi connectivity index (χ4v) is 9.39. The van der Waals surface area contributed by atoms with Crippen molar-refractivity contribution in [3.05, 3.63) is 223 Å². The molecule has 6 heteroatoms. The maximum absolute atomic E-state index is 12.6. The summed E-state index contributed by atoms with van der Waals surface area (Å²) < 4.78 is 21.9. The van der Waals surface area contributed by atoms with Crippen LogP contribution in [0.15, 0.2) is 199 Å². The Morgan fingerprint density at radius 2 is 1.22 bits per heavy atom. The smallest absolute Gasteiger partial charge is 0.121 e. The molecule has 0 atom stereocenters. The van der Waals surface area contributed by atoms with Gasteiger partial charge in [0.1, 0.15) is 5.58 Å². The van der Waals surface area contributed by atoms with Crippen LogP contribution < -0.4 is 0 Å². The van der Waals surface area contributed by atoms with Crippen molar-refractivity contribution in [3.63, 3.8) is 0 Å². The van der Waals surface area contributed by atoms with Gasteiger partial charge >= 0.3 is 0 Å². The van der Waals surface area contributed by atoms with Crippen LogP contribution in [0.3, 0.4) is 0 Å². The van der Waals surface area contributed by atoms with Crippen molar-refractivity contribution < 1.29 is 28.9 Å². The molecule has 0 N–H and O–H groups in total. The largest absolute Gasteiger partial charge is 0.501 e. The number of hydrogen-bond acceptors (Lipinski definition) is 3. The molecular formula is C62H46FIrN3O-2. The number of para-hydroxylation sites is 2. The van der Waals surface area contributed by atoms with Gasteiger partial charge in [0, 0.05) is 43.2 Å². The second-order valence-corrected chi connectivity index (χ2v) is 17.7. The minimum Gasteiger partial charge on any atom is -0.501 e. The predicted octanol–water partition coefficient (Wildman–Crippen LogP) is 17.0. The van der Waals surface area contributed by atoms with E-state index in [1.54, 1.807) is 12.3 Å². The third kappa shape index (κ3) is 8.21. The van der Waals surface area contributed by atoms with Crippen molar-refractivity contribution >= 4 is 54.5 Å². The molecule has 0 bridgehead atoms. The van der Waals surface area contributed by atoms with Crippen LogP contribution in [0.25, 0.3) is 105 Å².